The molecule has 0 saturated heterocycles. The first-order valence-electron chi connectivity index (χ1n) is 12.9. The summed E-state index contributed by atoms with van der Waals surface area (Å²) in [6, 6.07) is 12.0. The molecule has 11 heteroatoms. The lowest BCUT2D eigenvalue weighted by molar-refractivity contribution is -0.130. The Labute approximate surface area is 230 Å². The fraction of sp³-hybridized carbons (Fsp3) is 0.241. The maximum atomic E-state index is 11.8. The van der Waals surface area contributed by atoms with Gasteiger partial charge in [-0.1, -0.05) is 6.58 Å². The number of fused-ring (bicyclic) bond motifs is 2. The van der Waals surface area contributed by atoms with Gasteiger partial charge in [-0.2, -0.15) is 4.98 Å². The van der Waals surface area contributed by atoms with Gasteiger partial charge in [-0.15, -0.1) is 0 Å². The molecule has 1 amide bonds. The van der Waals surface area contributed by atoms with Gasteiger partial charge >= 0.3 is 6.01 Å². The van der Waals surface area contributed by atoms with E-state index in [0.717, 1.165) is 33.8 Å². The summed E-state index contributed by atoms with van der Waals surface area (Å²) in [5.74, 6) is 1.90. The summed E-state index contributed by atoms with van der Waals surface area (Å²) in [4.78, 5) is 35.5. The fourth-order valence-electron chi connectivity index (χ4n) is 4.69. The molecule has 1 N–H and O–H groups in total. The van der Waals surface area contributed by atoms with Crippen LogP contribution in [-0.2, 0) is 11.8 Å². The first-order valence-corrected chi connectivity index (χ1v) is 12.9. The number of nitrogens with zero attached hydrogens (tertiary/aromatic N) is 7. The van der Waals surface area contributed by atoms with Crippen LogP contribution in [0.5, 0.6) is 17.5 Å². The van der Waals surface area contributed by atoms with E-state index in [0.29, 0.717) is 29.7 Å². The number of carbonyl (C=O) groups is 1. The number of ether oxygens (including phenoxy) is 2. The molecule has 0 unspecified atom stereocenters. The Kier molecular flexibility index (Phi) is 6.47. The van der Waals surface area contributed by atoms with Crippen molar-refractivity contribution in [3.63, 3.8) is 0 Å². The van der Waals surface area contributed by atoms with Crippen LogP contribution in [0.2, 0.25) is 0 Å². The van der Waals surface area contributed by atoms with Crippen LogP contribution in [0, 0.1) is 6.92 Å². The van der Waals surface area contributed by atoms with Crippen LogP contribution >= 0.6 is 0 Å². The number of benzene rings is 2. The summed E-state index contributed by atoms with van der Waals surface area (Å²) >= 11 is 0. The molecule has 1 aliphatic carbocycles. The monoisotopic (exact) mass is 536 g/mol. The number of likely N-dealkylation sites (N-methyl/N-ethyl adjacent to an activating group) is 1. The molecule has 11 nitrogen and oxygen atoms in total. The number of aromatic nitrogens is 6. The highest BCUT2D eigenvalue weighted by molar-refractivity contribution is 5.87. The maximum Gasteiger partial charge on any atom is 0.317 e. The highest BCUT2D eigenvalue weighted by atomic mass is 16.5. The molecule has 1 saturated carbocycles. The molecule has 40 heavy (non-hydrogen) atoms. The first kappa shape index (κ1) is 25.2. The SMILES string of the molecule is C=CC(=O)N(C)C1CC(Oc2ncc3ncnc(Nc4ccc(Oc5ccc6c(c5)ncn6C)c(C)c4)c3n2)C1. The van der Waals surface area contributed by atoms with E-state index < -0.39 is 0 Å². The zero-order valence-corrected chi connectivity index (χ0v) is 22.4. The van der Waals surface area contributed by atoms with Crippen molar-refractivity contribution in [3.8, 4) is 17.5 Å². The molecular formula is C29H28N8O3. The lowest BCUT2D eigenvalue weighted by Gasteiger charge is -2.39. The molecule has 1 fully saturated rings. The summed E-state index contributed by atoms with van der Waals surface area (Å²) < 4.78 is 14.1. The van der Waals surface area contributed by atoms with Crippen LogP contribution in [0.4, 0.5) is 11.5 Å². The number of hydrogen-bond acceptors (Lipinski definition) is 9. The minimum Gasteiger partial charge on any atom is -0.460 e. The van der Waals surface area contributed by atoms with E-state index in [4.69, 9.17) is 9.47 Å². The summed E-state index contributed by atoms with van der Waals surface area (Å²) in [6.45, 7) is 5.53. The van der Waals surface area contributed by atoms with Crippen molar-refractivity contribution in [1.29, 1.82) is 0 Å². The average molecular weight is 537 g/mol. The number of amides is 1. The highest BCUT2D eigenvalue weighted by Gasteiger charge is 2.35. The molecule has 3 aromatic heterocycles. The van der Waals surface area contributed by atoms with Gasteiger partial charge in [0.2, 0.25) is 5.91 Å². The molecule has 2 aromatic carbocycles. The van der Waals surface area contributed by atoms with Gasteiger partial charge in [0.25, 0.3) is 0 Å². The smallest absolute Gasteiger partial charge is 0.317 e. The normalized spacial score (nSPS) is 16.4. The van der Waals surface area contributed by atoms with Crippen LogP contribution in [0.25, 0.3) is 22.1 Å². The third-order valence-electron chi connectivity index (χ3n) is 7.13. The lowest BCUT2D eigenvalue weighted by Crippen LogP contribution is -2.49. The number of nitrogens with one attached hydrogen (secondary N) is 1. The molecular weight excluding hydrogens is 508 g/mol. The zero-order valence-electron chi connectivity index (χ0n) is 22.4. The number of anilines is 2. The first-order chi connectivity index (χ1) is 19.4. The summed E-state index contributed by atoms with van der Waals surface area (Å²) in [5, 5.41) is 3.34. The second kappa shape index (κ2) is 10.3. The van der Waals surface area contributed by atoms with Crippen molar-refractivity contribution in [1.82, 2.24) is 34.4 Å². The van der Waals surface area contributed by atoms with Gasteiger partial charge < -0.3 is 24.3 Å². The van der Waals surface area contributed by atoms with Crippen molar-refractivity contribution in [3.05, 3.63) is 73.5 Å². The summed E-state index contributed by atoms with van der Waals surface area (Å²) in [5.41, 5.74) is 4.83. The van der Waals surface area contributed by atoms with E-state index in [1.54, 1.807) is 24.5 Å². The quantitative estimate of drug-likeness (QED) is 0.281. The largest absolute Gasteiger partial charge is 0.460 e. The van der Waals surface area contributed by atoms with Crippen LogP contribution in [0.1, 0.15) is 18.4 Å². The van der Waals surface area contributed by atoms with E-state index in [-0.39, 0.29) is 24.1 Å². The second-order valence-corrected chi connectivity index (χ2v) is 9.84. The van der Waals surface area contributed by atoms with Gasteiger partial charge in [0.15, 0.2) is 5.82 Å². The molecule has 3 heterocycles. The van der Waals surface area contributed by atoms with Gasteiger partial charge in [-0.25, -0.2) is 19.9 Å². The van der Waals surface area contributed by atoms with E-state index in [2.05, 4.69) is 36.8 Å². The Balaban J connectivity index is 1.16. The van der Waals surface area contributed by atoms with Crippen molar-refractivity contribution >= 4 is 39.5 Å². The Morgan fingerprint density at radius 2 is 1.98 bits per heavy atom. The Morgan fingerprint density at radius 3 is 2.77 bits per heavy atom. The van der Waals surface area contributed by atoms with E-state index >= 15 is 0 Å². The number of imidazole rings is 1. The molecule has 6 rings (SSSR count). The molecule has 0 bridgehead atoms. The topological polar surface area (TPSA) is 120 Å². The number of rotatable bonds is 8. The van der Waals surface area contributed by atoms with Crippen LogP contribution < -0.4 is 14.8 Å². The Hall–Kier alpha value is -5.06. The second-order valence-electron chi connectivity index (χ2n) is 9.84. The fourth-order valence-corrected chi connectivity index (χ4v) is 4.69. The molecule has 0 aliphatic heterocycles. The third-order valence-corrected chi connectivity index (χ3v) is 7.13. The predicted octanol–water partition coefficient (Wildman–Crippen LogP) is 4.71. The van der Waals surface area contributed by atoms with Crippen LogP contribution in [0.15, 0.2) is 67.9 Å². The van der Waals surface area contributed by atoms with Crippen molar-refractivity contribution in [2.24, 2.45) is 7.05 Å². The van der Waals surface area contributed by atoms with Gasteiger partial charge in [-0.05, 0) is 48.9 Å². The standard InChI is InChI=1S/C29H28N8O3/c1-5-26(38)37(4)19-11-21(12-19)40-29-30-14-23-27(35-29)28(32-15-31-23)34-18-6-9-25(17(2)10-18)39-20-7-8-24-22(13-20)33-16-36(24)3/h5-10,13-16,19,21H,1,11-12H2,2-4H3,(H,31,32,34). The minimum absolute atomic E-state index is 0.0721. The van der Waals surface area contributed by atoms with Gasteiger partial charge in [0.1, 0.15) is 35.0 Å². The highest BCUT2D eigenvalue weighted by Crippen LogP contribution is 2.32. The maximum absolute atomic E-state index is 11.8. The van der Waals surface area contributed by atoms with Crippen molar-refractivity contribution in [2.75, 3.05) is 12.4 Å². The number of carbonyl (C=O) groups excluding carboxylic acids is 1. The lowest BCUT2D eigenvalue weighted by atomic mass is 9.88. The zero-order chi connectivity index (χ0) is 27.8. The molecule has 202 valence electrons. The molecule has 0 atom stereocenters. The molecule has 5 aromatic rings. The Morgan fingerprint density at radius 1 is 1.12 bits per heavy atom. The average Bonchev–Trinajstić information content (AvgIpc) is 3.31. The third kappa shape index (κ3) is 4.89. The summed E-state index contributed by atoms with van der Waals surface area (Å²) in [7, 11) is 3.73. The number of aryl methyl sites for hydroxylation is 2. The minimum atomic E-state index is -0.0981. The molecule has 0 spiro atoms. The Bertz CT molecular complexity index is 1740. The van der Waals surface area contributed by atoms with Crippen LogP contribution in [0.3, 0.4) is 0 Å². The van der Waals surface area contributed by atoms with Crippen molar-refractivity contribution in [2.45, 2.75) is 31.9 Å². The van der Waals surface area contributed by atoms with E-state index in [1.807, 2.05) is 54.9 Å². The van der Waals surface area contributed by atoms with Gasteiger partial charge in [-0.3, -0.25) is 4.79 Å². The number of hydrogen-bond donors (Lipinski definition) is 1. The van der Waals surface area contributed by atoms with E-state index in [1.165, 1.54) is 12.4 Å². The van der Waals surface area contributed by atoms with Crippen molar-refractivity contribution < 1.29 is 14.3 Å². The van der Waals surface area contributed by atoms with Gasteiger partial charge in [0.05, 0.1) is 23.6 Å². The summed E-state index contributed by atoms with van der Waals surface area (Å²) in [6.07, 6.45) is 7.53. The van der Waals surface area contributed by atoms with Crippen LogP contribution in [-0.4, -0.2) is 59.5 Å². The van der Waals surface area contributed by atoms with E-state index in [9.17, 15) is 4.79 Å². The van der Waals surface area contributed by atoms with Gasteiger partial charge in [0, 0.05) is 44.7 Å². The molecule has 1 aliphatic rings. The predicted molar refractivity (Wildman–Crippen MR) is 151 cm³/mol. The molecule has 0 radical (unpaired) electrons.